The van der Waals surface area contributed by atoms with Gasteiger partial charge in [0, 0.05) is 12.6 Å². The summed E-state index contributed by atoms with van der Waals surface area (Å²) in [5, 5.41) is 0. The third-order valence-corrected chi connectivity index (χ3v) is 8.43. The van der Waals surface area contributed by atoms with Crippen LogP contribution in [0.1, 0.15) is 63.0 Å². The smallest absolute Gasteiger partial charge is 0.229 e. The van der Waals surface area contributed by atoms with E-state index in [9.17, 15) is 4.79 Å². The molecule has 146 valence electrons. The largest absolute Gasteiger partial charge is 0.339 e. The Kier molecular flexibility index (Phi) is 3.99. The summed E-state index contributed by atoms with van der Waals surface area (Å²) in [5.41, 5.74) is 8.89. The van der Waals surface area contributed by atoms with Crippen molar-refractivity contribution in [3.8, 4) is 0 Å². The van der Waals surface area contributed by atoms with Gasteiger partial charge in [-0.3, -0.25) is 4.79 Å². The number of amides is 1. The van der Waals surface area contributed by atoms with Crippen LogP contribution in [0.2, 0.25) is 0 Å². The van der Waals surface area contributed by atoms with E-state index in [-0.39, 0.29) is 10.8 Å². The molecule has 4 aliphatic carbocycles. The number of hydrogen-bond acceptors (Lipinski definition) is 2. The second kappa shape index (κ2) is 6.07. The van der Waals surface area contributed by atoms with Crippen LogP contribution in [0.25, 0.3) is 0 Å². The number of carbonyl (C=O) groups is 1. The predicted molar refractivity (Wildman–Crippen MR) is 108 cm³/mol. The van der Waals surface area contributed by atoms with E-state index in [4.69, 9.17) is 5.73 Å². The molecule has 4 bridgehead atoms. The molecule has 3 nitrogen and oxygen atoms in total. The molecule has 0 aromatic heterocycles. The number of hydrogen-bond donors (Lipinski definition) is 1. The van der Waals surface area contributed by atoms with Crippen molar-refractivity contribution in [3.05, 3.63) is 35.4 Å². The number of benzene rings is 1. The number of carbonyl (C=O) groups excluding carboxylic acids is 1. The van der Waals surface area contributed by atoms with Crippen molar-refractivity contribution in [1.29, 1.82) is 0 Å². The second-order valence-corrected chi connectivity index (χ2v) is 10.5. The first kappa shape index (κ1) is 17.7. The lowest BCUT2D eigenvalue weighted by Crippen LogP contribution is -2.60. The SMILES string of the molecule is Cc1ccc(C23CC4CC(CC(C(=O)N5CC(CN)CC5C)(C4)C2)C3)cc1. The molecule has 5 aliphatic rings. The number of likely N-dealkylation sites (tertiary alicyclic amines) is 1. The van der Waals surface area contributed by atoms with Crippen molar-refractivity contribution in [3.63, 3.8) is 0 Å². The van der Waals surface area contributed by atoms with E-state index in [1.54, 1.807) is 0 Å². The first-order valence-electron chi connectivity index (χ1n) is 11.0. The Morgan fingerprint density at radius 2 is 1.78 bits per heavy atom. The Labute approximate surface area is 163 Å². The highest BCUT2D eigenvalue weighted by molar-refractivity contribution is 5.84. The van der Waals surface area contributed by atoms with Crippen molar-refractivity contribution in [2.24, 2.45) is 28.9 Å². The Bertz CT molecular complexity index is 725. The van der Waals surface area contributed by atoms with E-state index in [0.717, 1.165) is 44.1 Å². The molecule has 1 aliphatic heterocycles. The zero-order valence-corrected chi connectivity index (χ0v) is 16.9. The van der Waals surface area contributed by atoms with E-state index in [0.29, 0.717) is 24.4 Å². The van der Waals surface area contributed by atoms with Gasteiger partial charge in [-0.2, -0.15) is 0 Å². The molecule has 4 unspecified atom stereocenters. The monoisotopic (exact) mass is 366 g/mol. The Hall–Kier alpha value is -1.35. The molecule has 4 atom stereocenters. The number of aryl methyl sites for hydroxylation is 1. The fourth-order valence-electron chi connectivity index (χ4n) is 7.66. The summed E-state index contributed by atoms with van der Waals surface area (Å²) in [4.78, 5) is 16.1. The summed E-state index contributed by atoms with van der Waals surface area (Å²) < 4.78 is 0. The quantitative estimate of drug-likeness (QED) is 0.878. The summed E-state index contributed by atoms with van der Waals surface area (Å²) >= 11 is 0. The van der Waals surface area contributed by atoms with Crippen LogP contribution in [0.3, 0.4) is 0 Å². The Morgan fingerprint density at radius 1 is 1.11 bits per heavy atom. The highest BCUT2D eigenvalue weighted by Gasteiger charge is 2.62. The molecule has 1 saturated heterocycles. The van der Waals surface area contributed by atoms with Crippen molar-refractivity contribution in [2.75, 3.05) is 13.1 Å². The van der Waals surface area contributed by atoms with Crippen LogP contribution in [0.4, 0.5) is 0 Å². The average Bonchev–Trinajstić information content (AvgIpc) is 3.01. The third kappa shape index (κ3) is 2.68. The summed E-state index contributed by atoms with van der Waals surface area (Å²) in [6.45, 7) is 5.98. The maximum absolute atomic E-state index is 13.9. The molecule has 6 rings (SSSR count). The molecule has 3 heteroatoms. The van der Waals surface area contributed by atoms with Crippen molar-refractivity contribution < 1.29 is 4.79 Å². The van der Waals surface area contributed by atoms with Gasteiger partial charge in [-0.25, -0.2) is 0 Å². The van der Waals surface area contributed by atoms with E-state index >= 15 is 0 Å². The molecular formula is C24H34N2O. The minimum Gasteiger partial charge on any atom is -0.339 e. The van der Waals surface area contributed by atoms with Crippen LogP contribution >= 0.6 is 0 Å². The van der Waals surface area contributed by atoms with Gasteiger partial charge in [-0.1, -0.05) is 29.8 Å². The van der Waals surface area contributed by atoms with Crippen molar-refractivity contribution in [1.82, 2.24) is 4.90 Å². The van der Waals surface area contributed by atoms with Crippen LogP contribution in [-0.4, -0.2) is 29.9 Å². The fourth-order valence-corrected chi connectivity index (χ4v) is 7.66. The number of nitrogens with two attached hydrogens (primary N) is 1. The van der Waals surface area contributed by atoms with Crippen molar-refractivity contribution >= 4 is 5.91 Å². The van der Waals surface area contributed by atoms with E-state index < -0.39 is 0 Å². The fraction of sp³-hybridized carbons (Fsp3) is 0.708. The van der Waals surface area contributed by atoms with Gasteiger partial charge in [0.15, 0.2) is 0 Å². The van der Waals surface area contributed by atoms with E-state index in [1.165, 1.54) is 30.4 Å². The lowest BCUT2D eigenvalue weighted by atomic mass is 9.42. The molecule has 1 amide bonds. The molecule has 27 heavy (non-hydrogen) atoms. The van der Waals surface area contributed by atoms with Crippen LogP contribution < -0.4 is 5.73 Å². The predicted octanol–water partition coefficient (Wildman–Crippen LogP) is 4.03. The van der Waals surface area contributed by atoms with Crippen LogP contribution in [-0.2, 0) is 10.2 Å². The highest BCUT2D eigenvalue weighted by Crippen LogP contribution is 2.66. The van der Waals surface area contributed by atoms with Crippen LogP contribution in [0.5, 0.6) is 0 Å². The minimum atomic E-state index is -0.104. The lowest BCUT2D eigenvalue weighted by Gasteiger charge is -2.62. The van der Waals surface area contributed by atoms with Gasteiger partial charge in [0.1, 0.15) is 0 Å². The van der Waals surface area contributed by atoms with Crippen molar-refractivity contribution in [2.45, 2.75) is 70.3 Å². The average molecular weight is 367 g/mol. The maximum atomic E-state index is 13.9. The summed E-state index contributed by atoms with van der Waals surface area (Å²) in [6.07, 6.45) is 8.35. The van der Waals surface area contributed by atoms with E-state index in [2.05, 4.69) is 43.0 Å². The molecule has 1 aromatic carbocycles. The highest BCUT2D eigenvalue weighted by atomic mass is 16.2. The first-order valence-corrected chi connectivity index (χ1v) is 11.0. The number of rotatable bonds is 3. The zero-order valence-electron chi connectivity index (χ0n) is 16.9. The lowest BCUT2D eigenvalue weighted by molar-refractivity contribution is -0.161. The van der Waals surface area contributed by atoms with Gasteiger partial charge < -0.3 is 10.6 Å². The summed E-state index contributed by atoms with van der Waals surface area (Å²) in [6, 6.07) is 9.58. The van der Waals surface area contributed by atoms with Gasteiger partial charge >= 0.3 is 0 Å². The topological polar surface area (TPSA) is 46.3 Å². The minimum absolute atomic E-state index is 0.104. The van der Waals surface area contributed by atoms with Crippen LogP contribution in [0.15, 0.2) is 24.3 Å². The number of nitrogens with zero attached hydrogens (tertiary/aromatic N) is 1. The molecular weight excluding hydrogens is 332 g/mol. The Morgan fingerprint density at radius 3 is 2.37 bits per heavy atom. The molecule has 2 N–H and O–H groups in total. The van der Waals surface area contributed by atoms with Gasteiger partial charge in [-0.05, 0) is 94.1 Å². The van der Waals surface area contributed by atoms with Gasteiger partial charge in [0.05, 0.1) is 5.41 Å². The Balaban J connectivity index is 1.48. The zero-order chi connectivity index (χ0) is 18.8. The molecule has 1 aromatic rings. The third-order valence-electron chi connectivity index (χ3n) is 8.43. The summed E-state index contributed by atoms with van der Waals surface area (Å²) in [7, 11) is 0. The second-order valence-electron chi connectivity index (χ2n) is 10.5. The molecule has 4 saturated carbocycles. The van der Waals surface area contributed by atoms with Crippen LogP contribution in [0, 0.1) is 30.1 Å². The maximum Gasteiger partial charge on any atom is 0.229 e. The molecule has 0 spiro atoms. The molecule has 0 radical (unpaired) electrons. The normalized spacial score (nSPS) is 42.7. The van der Waals surface area contributed by atoms with Gasteiger partial charge in [0.2, 0.25) is 5.91 Å². The summed E-state index contributed by atoms with van der Waals surface area (Å²) in [5.74, 6) is 2.43. The molecule has 1 heterocycles. The van der Waals surface area contributed by atoms with Gasteiger partial charge in [0.25, 0.3) is 0 Å². The first-order chi connectivity index (χ1) is 12.9. The van der Waals surface area contributed by atoms with E-state index in [1.807, 2.05) is 0 Å². The molecule has 5 fully saturated rings. The van der Waals surface area contributed by atoms with Gasteiger partial charge in [-0.15, -0.1) is 0 Å². The standard InChI is InChI=1S/C24H34N2O/c1-16-3-5-21(6-4-16)23-9-18-8-19(10-23)12-24(11-18,15-23)22(27)26-14-20(13-25)7-17(26)2/h3-6,17-20H,7-15,25H2,1-2H3.